The average Bonchev–Trinajstić information content (AvgIpc) is 2.94. The van der Waals surface area contributed by atoms with E-state index in [0.29, 0.717) is 13.1 Å². The summed E-state index contributed by atoms with van der Waals surface area (Å²) in [5.74, 6) is 0.834. The topological polar surface area (TPSA) is 49.3 Å². The Labute approximate surface area is 148 Å². The van der Waals surface area contributed by atoms with Gasteiger partial charge in [-0.05, 0) is 44.6 Å². The number of halogens is 2. The molecule has 0 radical (unpaired) electrons. The molecule has 1 amide bonds. The van der Waals surface area contributed by atoms with Gasteiger partial charge in [0.2, 0.25) is 5.95 Å². The molecule has 3 rings (SSSR count). The molecule has 1 saturated heterocycles. The first-order valence-corrected chi connectivity index (χ1v) is 9.14. The number of hydrogen-bond acceptors (Lipinski definition) is 5. The molecule has 3 heterocycles. The van der Waals surface area contributed by atoms with Gasteiger partial charge < -0.3 is 9.80 Å². The van der Waals surface area contributed by atoms with Gasteiger partial charge >= 0.3 is 0 Å². The highest BCUT2D eigenvalue weighted by atomic mass is 127. The van der Waals surface area contributed by atoms with E-state index < -0.39 is 0 Å². The fraction of sp³-hybridized carbons (Fsp3) is 0.308. The summed E-state index contributed by atoms with van der Waals surface area (Å²) in [6.45, 7) is 2.92. The third kappa shape index (κ3) is 3.54. The molecule has 0 saturated carbocycles. The molecule has 2 aromatic rings. The summed E-state index contributed by atoms with van der Waals surface area (Å²) in [7, 11) is 0. The molecule has 21 heavy (non-hydrogen) atoms. The highest BCUT2D eigenvalue weighted by Gasteiger charge is 2.23. The number of nitrogens with zero attached hydrogens (tertiary/aromatic N) is 4. The first-order valence-electron chi connectivity index (χ1n) is 6.39. The molecule has 5 nitrogen and oxygen atoms in total. The standard InChI is InChI=1S/C13H12BrIN4OS/c14-10-6-16-13(17-7-10)19-3-1-18(2-4-19)12(20)9-5-11(15)21-8-9/h5-8H,1-4H2. The minimum absolute atomic E-state index is 0.116. The van der Waals surface area contributed by atoms with E-state index >= 15 is 0 Å². The van der Waals surface area contributed by atoms with Crippen LogP contribution in [-0.4, -0.2) is 47.0 Å². The third-order valence-electron chi connectivity index (χ3n) is 3.27. The Morgan fingerprint density at radius 1 is 1.24 bits per heavy atom. The van der Waals surface area contributed by atoms with Crippen LogP contribution in [-0.2, 0) is 0 Å². The van der Waals surface area contributed by atoms with Crippen molar-refractivity contribution >= 4 is 61.7 Å². The zero-order valence-corrected chi connectivity index (χ0v) is 15.6. The summed E-state index contributed by atoms with van der Waals surface area (Å²) in [5.41, 5.74) is 0.790. The van der Waals surface area contributed by atoms with Crippen LogP contribution in [0, 0.1) is 2.88 Å². The summed E-state index contributed by atoms with van der Waals surface area (Å²) >= 11 is 7.17. The van der Waals surface area contributed by atoms with Crippen LogP contribution in [0.25, 0.3) is 0 Å². The van der Waals surface area contributed by atoms with E-state index in [4.69, 9.17) is 0 Å². The van der Waals surface area contributed by atoms with Gasteiger partial charge in [0.15, 0.2) is 0 Å². The molecule has 0 aliphatic carbocycles. The molecule has 110 valence electrons. The summed E-state index contributed by atoms with van der Waals surface area (Å²) in [6, 6.07) is 1.94. The highest BCUT2D eigenvalue weighted by Crippen LogP contribution is 2.19. The number of carbonyl (C=O) groups excluding carboxylic acids is 1. The monoisotopic (exact) mass is 478 g/mol. The molecule has 0 bridgehead atoms. The van der Waals surface area contributed by atoms with Crippen molar-refractivity contribution in [2.24, 2.45) is 0 Å². The molecule has 0 N–H and O–H groups in total. The molecule has 8 heteroatoms. The molecule has 1 aliphatic heterocycles. The van der Waals surface area contributed by atoms with E-state index in [-0.39, 0.29) is 5.91 Å². The van der Waals surface area contributed by atoms with Crippen molar-refractivity contribution in [2.75, 3.05) is 31.1 Å². The van der Waals surface area contributed by atoms with Gasteiger partial charge in [-0.3, -0.25) is 4.79 Å². The number of hydrogen-bond donors (Lipinski definition) is 0. The van der Waals surface area contributed by atoms with E-state index in [0.717, 1.165) is 32.0 Å². The zero-order valence-electron chi connectivity index (χ0n) is 11.0. The predicted molar refractivity (Wildman–Crippen MR) is 94.9 cm³/mol. The van der Waals surface area contributed by atoms with E-state index in [1.165, 1.54) is 0 Å². The molecule has 0 spiro atoms. The van der Waals surface area contributed by atoms with Crippen LogP contribution in [0.5, 0.6) is 0 Å². The van der Waals surface area contributed by atoms with E-state index in [9.17, 15) is 4.79 Å². The lowest BCUT2D eigenvalue weighted by molar-refractivity contribution is 0.0746. The van der Waals surface area contributed by atoms with Crippen LogP contribution in [0.1, 0.15) is 10.4 Å². The minimum Gasteiger partial charge on any atom is -0.337 e. The first kappa shape index (κ1) is 15.2. The van der Waals surface area contributed by atoms with E-state index in [1.54, 1.807) is 23.7 Å². The zero-order chi connectivity index (χ0) is 14.8. The molecule has 0 atom stereocenters. The Balaban J connectivity index is 1.62. The highest BCUT2D eigenvalue weighted by molar-refractivity contribution is 14.1. The minimum atomic E-state index is 0.116. The van der Waals surface area contributed by atoms with Crippen molar-refractivity contribution in [3.8, 4) is 0 Å². The fourth-order valence-corrected chi connectivity index (χ4v) is 3.71. The lowest BCUT2D eigenvalue weighted by Crippen LogP contribution is -2.49. The van der Waals surface area contributed by atoms with Crippen molar-refractivity contribution in [3.05, 3.63) is 36.8 Å². The van der Waals surface area contributed by atoms with E-state index in [2.05, 4.69) is 53.4 Å². The van der Waals surface area contributed by atoms with Crippen molar-refractivity contribution in [2.45, 2.75) is 0 Å². The second-order valence-corrected chi connectivity index (χ2v) is 8.34. The quantitative estimate of drug-likeness (QED) is 0.623. The van der Waals surface area contributed by atoms with E-state index in [1.807, 2.05) is 16.3 Å². The largest absolute Gasteiger partial charge is 0.337 e. The van der Waals surface area contributed by atoms with Crippen molar-refractivity contribution < 1.29 is 4.79 Å². The van der Waals surface area contributed by atoms with Gasteiger partial charge in [-0.15, -0.1) is 11.3 Å². The van der Waals surface area contributed by atoms with Gasteiger partial charge in [0.05, 0.1) is 12.9 Å². The number of anilines is 1. The Morgan fingerprint density at radius 3 is 2.48 bits per heavy atom. The fourth-order valence-electron chi connectivity index (χ4n) is 2.18. The molecule has 1 aliphatic rings. The summed E-state index contributed by atoms with van der Waals surface area (Å²) < 4.78 is 2.00. The maximum atomic E-state index is 12.4. The maximum absolute atomic E-state index is 12.4. The van der Waals surface area contributed by atoms with Crippen molar-refractivity contribution in [3.63, 3.8) is 0 Å². The SMILES string of the molecule is O=C(c1csc(I)c1)N1CCN(c2ncc(Br)cn2)CC1. The van der Waals surface area contributed by atoms with Gasteiger partial charge in [0, 0.05) is 44.0 Å². The molecule has 1 fully saturated rings. The third-order valence-corrected chi connectivity index (χ3v) is 5.47. The van der Waals surface area contributed by atoms with Crippen LogP contribution in [0.4, 0.5) is 5.95 Å². The lowest BCUT2D eigenvalue weighted by Gasteiger charge is -2.34. The smallest absolute Gasteiger partial charge is 0.254 e. The number of aromatic nitrogens is 2. The summed E-state index contributed by atoms with van der Waals surface area (Å²) in [5, 5.41) is 1.92. The van der Waals surface area contributed by atoms with Crippen molar-refractivity contribution in [1.82, 2.24) is 14.9 Å². The van der Waals surface area contributed by atoms with Gasteiger partial charge in [-0.25, -0.2) is 9.97 Å². The molecular weight excluding hydrogens is 467 g/mol. The number of piperazine rings is 1. The predicted octanol–water partition coefficient (Wildman–Crippen LogP) is 2.87. The number of rotatable bonds is 2. The van der Waals surface area contributed by atoms with Crippen LogP contribution in [0.3, 0.4) is 0 Å². The number of carbonyl (C=O) groups is 1. The molecular formula is C13H12BrIN4OS. The average molecular weight is 479 g/mol. The summed E-state index contributed by atoms with van der Waals surface area (Å²) in [4.78, 5) is 25.0. The summed E-state index contributed by atoms with van der Waals surface area (Å²) in [6.07, 6.45) is 3.49. The number of amides is 1. The van der Waals surface area contributed by atoms with Crippen LogP contribution in [0.15, 0.2) is 28.3 Å². The van der Waals surface area contributed by atoms with Gasteiger partial charge in [0.1, 0.15) is 0 Å². The van der Waals surface area contributed by atoms with Crippen LogP contribution >= 0.6 is 49.9 Å². The Hall–Kier alpha value is -0.740. The second kappa shape index (κ2) is 6.57. The maximum Gasteiger partial charge on any atom is 0.254 e. The first-order chi connectivity index (χ1) is 10.1. The van der Waals surface area contributed by atoms with Gasteiger partial charge in [0.25, 0.3) is 5.91 Å². The Morgan fingerprint density at radius 2 is 1.90 bits per heavy atom. The Kier molecular flexibility index (Phi) is 4.75. The lowest BCUT2D eigenvalue weighted by atomic mass is 10.2. The molecule has 2 aromatic heterocycles. The number of thiophene rings is 1. The van der Waals surface area contributed by atoms with Crippen LogP contribution < -0.4 is 4.90 Å². The normalized spacial score (nSPS) is 15.3. The second-order valence-electron chi connectivity index (χ2n) is 4.62. The van der Waals surface area contributed by atoms with Crippen LogP contribution in [0.2, 0.25) is 0 Å². The molecule has 0 aromatic carbocycles. The van der Waals surface area contributed by atoms with Gasteiger partial charge in [-0.2, -0.15) is 0 Å². The van der Waals surface area contributed by atoms with Gasteiger partial charge in [-0.1, -0.05) is 0 Å². The molecule has 0 unspecified atom stereocenters. The van der Waals surface area contributed by atoms with Crippen molar-refractivity contribution in [1.29, 1.82) is 0 Å². The Bertz CT molecular complexity index is 640.